The van der Waals surface area contributed by atoms with E-state index in [1.54, 1.807) is 13.1 Å². The number of rotatable bonds is 7. The van der Waals surface area contributed by atoms with E-state index in [1.807, 2.05) is 10.8 Å². The van der Waals surface area contributed by atoms with Gasteiger partial charge in [-0.15, -0.1) is 0 Å². The maximum absolute atomic E-state index is 9.99. The molecule has 30 heavy (non-hydrogen) atoms. The lowest BCUT2D eigenvalue weighted by molar-refractivity contribution is 0.182. The lowest BCUT2D eigenvalue weighted by Crippen LogP contribution is -2.21. The predicted molar refractivity (Wildman–Crippen MR) is 125 cm³/mol. The van der Waals surface area contributed by atoms with Gasteiger partial charge in [-0.1, -0.05) is 56.9 Å². The van der Waals surface area contributed by atoms with Gasteiger partial charge >= 0.3 is 0 Å². The zero-order valence-electron chi connectivity index (χ0n) is 18.7. The molecule has 1 heterocycles. The molecule has 1 aliphatic carbocycles. The van der Waals surface area contributed by atoms with Crippen molar-refractivity contribution in [3.8, 4) is 11.8 Å². The lowest BCUT2D eigenvalue weighted by Gasteiger charge is -2.30. The van der Waals surface area contributed by atoms with Crippen LogP contribution in [0.5, 0.6) is 0 Å². The van der Waals surface area contributed by atoms with Crippen molar-refractivity contribution in [1.29, 1.82) is 0 Å². The molecule has 0 radical (unpaired) electrons. The van der Waals surface area contributed by atoms with Crippen LogP contribution in [0, 0.1) is 23.7 Å². The first-order valence-corrected chi connectivity index (χ1v) is 11.1. The highest BCUT2D eigenvalue weighted by Gasteiger charge is 2.25. The number of aliphatic hydroxyl groups excluding tert-OH is 1. The van der Waals surface area contributed by atoms with Crippen LogP contribution in [0.1, 0.15) is 82.5 Å². The molecule has 158 valence electrons. The minimum absolute atomic E-state index is 0.0756. The van der Waals surface area contributed by atoms with Gasteiger partial charge in [-0.3, -0.25) is 0 Å². The van der Waals surface area contributed by atoms with Crippen molar-refractivity contribution in [3.63, 3.8) is 0 Å². The highest BCUT2D eigenvalue weighted by Crippen LogP contribution is 2.35. The van der Waals surface area contributed by atoms with Crippen molar-refractivity contribution in [2.75, 3.05) is 0 Å². The third kappa shape index (κ3) is 5.12. The molecule has 3 rings (SSSR count). The number of hydrogen-bond donors (Lipinski definition) is 1. The summed E-state index contributed by atoms with van der Waals surface area (Å²) in [5.74, 6) is 8.91. The van der Waals surface area contributed by atoms with Gasteiger partial charge in [0.1, 0.15) is 11.9 Å². The van der Waals surface area contributed by atoms with E-state index in [1.165, 1.54) is 30.4 Å². The minimum Gasteiger partial charge on any atom is -0.385 e. The van der Waals surface area contributed by atoms with Gasteiger partial charge in [0.2, 0.25) is 0 Å². The molecule has 0 bridgehead atoms. The van der Waals surface area contributed by atoms with Crippen LogP contribution in [0.4, 0.5) is 0 Å². The Kier molecular flexibility index (Phi) is 7.34. The van der Waals surface area contributed by atoms with Crippen LogP contribution in [-0.4, -0.2) is 14.7 Å². The molecule has 3 nitrogen and oxygen atoms in total. The first-order valence-electron chi connectivity index (χ1n) is 11.1. The Morgan fingerprint density at radius 1 is 1.30 bits per heavy atom. The maximum Gasteiger partial charge on any atom is 0.137 e. The van der Waals surface area contributed by atoms with E-state index < -0.39 is 6.10 Å². The SMILES string of the molecule is C=C(/C=C(\C)c1ccc(C#CC2CC(CC)C2)cc1)C(CC)n1ccnc1[C@H](C)O. The fraction of sp³-hybridized carbons (Fsp3) is 0.444. The number of benzene rings is 1. The molecule has 1 saturated carbocycles. The van der Waals surface area contributed by atoms with Crippen LogP contribution >= 0.6 is 0 Å². The smallest absolute Gasteiger partial charge is 0.137 e. The van der Waals surface area contributed by atoms with Gasteiger partial charge in [0, 0.05) is 23.9 Å². The fourth-order valence-corrected chi connectivity index (χ4v) is 4.20. The van der Waals surface area contributed by atoms with Crippen LogP contribution in [-0.2, 0) is 0 Å². The van der Waals surface area contributed by atoms with E-state index in [0.717, 1.165) is 23.5 Å². The van der Waals surface area contributed by atoms with Crippen LogP contribution in [0.25, 0.3) is 5.57 Å². The van der Waals surface area contributed by atoms with Gasteiger partial charge in [0.05, 0.1) is 6.04 Å². The molecule has 3 heteroatoms. The summed E-state index contributed by atoms with van der Waals surface area (Å²) in [5.41, 5.74) is 4.43. The van der Waals surface area contributed by atoms with Gasteiger partial charge < -0.3 is 9.67 Å². The van der Waals surface area contributed by atoms with E-state index in [9.17, 15) is 5.11 Å². The van der Waals surface area contributed by atoms with Gasteiger partial charge in [0.15, 0.2) is 0 Å². The molecule has 0 saturated heterocycles. The second-order valence-electron chi connectivity index (χ2n) is 8.48. The van der Waals surface area contributed by atoms with Crippen molar-refractivity contribution >= 4 is 5.57 Å². The van der Waals surface area contributed by atoms with Crippen LogP contribution in [0.2, 0.25) is 0 Å². The topological polar surface area (TPSA) is 38.0 Å². The number of aromatic nitrogens is 2. The van der Waals surface area contributed by atoms with E-state index in [-0.39, 0.29) is 6.04 Å². The molecule has 1 N–H and O–H groups in total. The molecule has 0 aliphatic heterocycles. The minimum atomic E-state index is -0.603. The lowest BCUT2D eigenvalue weighted by atomic mass is 9.74. The van der Waals surface area contributed by atoms with Gasteiger partial charge in [-0.25, -0.2) is 4.98 Å². The largest absolute Gasteiger partial charge is 0.385 e. The maximum atomic E-state index is 9.99. The standard InChI is InChI=1S/C27H34N2O/c1-6-22-17-24(18-22)9-8-23-10-12-25(13-11-23)19(3)16-20(4)26(7-2)29-15-14-28-27(29)21(5)30/h10-16,21-22,24,26,30H,4,6-7,17-18H2,1-3,5H3/b19-16+/t21-,22?,24?,26?/m0/s1. The van der Waals surface area contributed by atoms with Crippen molar-refractivity contribution in [2.45, 2.75) is 65.5 Å². The second kappa shape index (κ2) is 9.96. The van der Waals surface area contributed by atoms with Gasteiger partial charge in [-0.2, -0.15) is 0 Å². The normalized spacial score (nSPS) is 20.6. The van der Waals surface area contributed by atoms with Crippen molar-refractivity contribution in [2.24, 2.45) is 11.8 Å². The summed E-state index contributed by atoms with van der Waals surface area (Å²) in [5, 5.41) is 9.99. The molecule has 1 aromatic heterocycles. The fourth-order valence-electron chi connectivity index (χ4n) is 4.20. The van der Waals surface area contributed by atoms with E-state index in [4.69, 9.17) is 0 Å². The number of allylic oxidation sites excluding steroid dienone is 3. The Morgan fingerprint density at radius 2 is 2.00 bits per heavy atom. The quantitative estimate of drug-likeness (QED) is 0.434. The number of aliphatic hydroxyl groups is 1. The van der Waals surface area contributed by atoms with E-state index >= 15 is 0 Å². The summed E-state index contributed by atoms with van der Waals surface area (Å²) >= 11 is 0. The predicted octanol–water partition coefficient (Wildman–Crippen LogP) is 6.33. The van der Waals surface area contributed by atoms with Crippen molar-refractivity contribution in [1.82, 2.24) is 9.55 Å². The summed E-state index contributed by atoms with van der Waals surface area (Å²) in [7, 11) is 0. The van der Waals surface area contributed by atoms with Crippen LogP contribution < -0.4 is 0 Å². The summed E-state index contributed by atoms with van der Waals surface area (Å²) in [6, 6.07) is 8.57. The summed E-state index contributed by atoms with van der Waals surface area (Å²) in [6.45, 7) is 12.6. The Balaban J connectivity index is 1.69. The zero-order valence-corrected chi connectivity index (χ0v) is 18.7. The monoisotopic (exact) mass is 402 g/mol. The Bertz CT molecular complexity index is 947. The van der Waals surface area contributed by atoms with E-state index in [2.05, 4.69) is 74.5 Å². The molecule has 1 aromatic carbocycles. The average molecular weight is 403 g/mol. The van der Waals surface area contributed by atoms with Crippen LogP contribution in [0.15, 0.2) is 54.9 Å². The Hall–Kier alpha value is -2.57. The third-order valence-electron chi connectivity index (χ3n) is 6.20. The Morgan fingerprint density at radius 3 is 2.60 bits per heavy atom. The molecule has 1 aliphatic rings. The molecule has 1 unspecified atom stereocenters. The molecule has 0 spiro atoms. The Labute approximate surface area is 181 Å². The van der Waals surface area contributed by atoms with Crippen LogP contribution in [0.3, 0.4) is 0 Å². The van der Waals surface area contributed by atoms with Crippen molar-refractivity contribution < 1.29 is 5.11 Å². The van der Waals surface area contributed by atoms with Gasteiger partial charge in [-0.05, 0) is 67.9 Å². The molecular weight excluding hydrogens is 368 g/mol. The van der Waals surface area contributed by atoms with Crippen molar-refractivity contribution in [3.05, 3.63) is 71.8 Å². The zero-order chi connectivity index (χ0) is 21.7. The summed E-state index contributed by atoms with van der Waals surface area (Å²) in [4.78, 5) is 4.30. The molecule has 2 aromatic rings. The number of imidazole rings is 1. The first kappa shape index (κ1) is 22.1. The van der Waals surface area contributed by atoms with E-state index in [0.29, 0.717) is 11.7 Å². The number of nitrogens with zero attached hydrogens (tertiary/aromatic N) is 2. The molecule has 1 fully saturated rings. The van der Waals surface area contributed by atoms with Gasteiger partial charge in [0.25, 0.3) is 0 Å². The summed E-state index contributed by atoms with van der Waals surface area (Å²) in [6.07, 6.45) is 9.88. The molecule has 0 amide bonds. The number of hydrogen-bond acceptors (Lipinski definition) is 2. The molecule has 2 atom stereocenters. The summed E-state index contributed by atoms with van der Waals surface area (Å²) < 4.78 is 2.03. The first-order chi connectivity index (χ1) is 14.4. The molecular formula is C27H34N2O. The highest BCUT2D eigenvalue weighted by atomic mass is 16.3. The highest BCUT2D eigenvalue weighted by molar-refractivity contribution is 5.67. The third-order valence-corrected chi connectivity index (χ3v) is 6.20. The second-order valence-corrected chi connectivity index (χ2v) is 8.48. The average Bonchev–Trinajstić information content (AvgIpc) is 3.17.